The molecular weight excluding hydrogens is 479 g/mol. The van der Waals surface area contributed by atoms with Crippen LogP contribution in [-0.4, -0.2) is 30.2 Å². The third kappa shape index (κ3) is 3.97. The molecule has 3 amide bonds. The van der Waals surface area contributed by atoms with Crippen molar-refractivity contribution in [1.82, 2.24) is 0 Å². The van der Waals surface area contributed by atoms with Crippen LogP contribution in [0.1, 0.15) is 32.1 Å². The van der Waals surface area contributed by atoms with E-state index in [1.807, 2.05) is 0 Å². The number of hydrogen-bond donors (Lipinski definition) is 0. The van der Waals surface area contributed by atoms with Gasteiger partial charge in [0, 0.05) is 13.0 Å². The van der Waals surface area contributed by atoms with Gasteiger partial charge in [0.2, 0.25) is 17.7 Å². The number of fused-ring (bicyclic) bond motifs is 1. The van der Waals surface area contributed by atoms with Crippen LogP contribution in [0, 0.1) is 17.8 Å². The molecule has 34 heavy (non-hydrogen) atoms. The van der Waals surface area contributed by atoms with E-state index in [0.29, 0.717) is 16.4 Å². The van der Waals surface area contributed by atoms with E-state index in [4.69, 9.17) is 27.9 Å². The molecule has 0 bridgehead atoms. The number of nitrogens with zero attached hydrogens (tertiary/aromatic N) is 2. The number of esters is 1. The molecule has 2 aromatic rings. The zero-order valence-corrected chi connectivity index (χ0v) is 19.7. The highest BCUT2D eigenvalue weighted by atomic mass is 35.5. The molecule has 3 aliphatic rings. The van der Waals surface area contributed by atoms with Gasteiger partial charge in [0.1, 0.15) is 5.75 Å². The van der Waals surface area contributed by atoms with E-state index in [1.54, 1.807) is 42.5 Å². The van der Waals surface area contributed by atoms with E-state index in [0.717, 1.165) is 25.7 Å². The van der Waals surface area contributed by atoms with Gasteiger partial charge < -0.3 is 9.64 Å². The van der Waals surface area contributed by atoms with Crippen molar-refractivity contribution in [2.75, 3.05) is 16.3 Å². The Morgan fingerprint density at radius 1 is 0.912 bits per heavy atom. The van der Waals surface area contributed by atoms with Crippen LogP contribution in [-0.2, 0) is 19.2 Å². The van der Waals surface area contributed by atoms with Crippen LogP contribution in [0.4, 0.5) is 11.4 Å². The van der Waals surface area contributed by atoms with Crippen LogP contribution in [0.15, 0.2) is 42.5 Å². The highest BCUT2D eigenvalue weighted by molar-refractivity contribution is 6.44. The summed E-state index contributed by atoms with van der Waals surface area (Å²) in [6, 6.07) is 11.3. The topological polar surface area (TPSA) is 84.0 Å². The van der Waals surface area contributed by atoms with Gasteiger partial charge in [-0.25, -0.2) is 0 Å². The fourth-order valence-electron chi connectivity index (χ4n) is 5.08. The predicted molar refractivity (Wildman–Crippen MR) is 127 cm³/mol. The van der Waals surface area contributed by atoms with Crippen LogP contribution in [0.25, 0.3) is 0 Å². The number of rotatable bonds is 4. The Morgan fingerprint density at radius 3 is 2.21 bits per heavy atom. The van der Waals surface area contributed by atoms with Gasteiger partial charge in [-0.3, -0.25) is 24.1 Å². The molecule has 9 heteroatoms. The number of ether oxygens (including phenoxy) is 1. The van der Waals surface area contributed by atoms with E-state index in [9.17, 15) is 19.2 Å². The second kappa shape index (κ2) is 9.04. The lowest BCUT2D eigenvalue weighted by atomic mass is 9.81. The summed E-state index contributed by atoms with van der Waals surface area (Å²) < 4.78 is 5.49. The van der Waals surface area contributed by atoms with Gasteiger partial charge in [-0.2, -0.15) is 0 Å². The average Bonchev–Trinajstić information content (AvgIpc) is 3.34. The maximum Gasteiger partial charge on any atom is 0.316 e. The van der Waals surface area contributed by atoms with Gasteiger partial charge in [0.15, 0.2) is 0 Å². The van der Waals surface area contributed by atoms with Crippen LogP contribution in [0.5, 0.6) is 5.75 Å². The van der Waals surface area contributed by atoms with Crippen molar-refractivity contribution in [3.63, 3.8) is 0 Å². The van der Waals surface area contributed by atoms with Crippen molar-refractivity contribution in [3.8, 4) is 5.75 Å². The van der Waals surface area contributed by atoms with Gasteiger partial charge in [-0.1, -0.05) is 42.1 Å². The lowest BCUT2D eigenvalue weighted by Gasteiger charge is -2.19. The number of benzene rings is 2. The highest BCUT2D eigenvalue weighted by Gasteiger charge is 2.48. The van der Waals surface area contributed by atoms with Crippen LogP contribution in [0.3, 0.4) is 0 Å². The maximum atomic E-state index is 12.8. The number of imide groups is 1. The molecule has 5 rings (SSSR count). The zero-order chi connectivity index (χ0) is 24.0. The molecule has 2 heterocycles. The standard InChI is InChI=1S/C25H22Cl2N2O5/c26-19-6-3-7-20(22(19)27)28-13-14(12-21(28)30)25(33)34-16-10-8-15(9-11-16)29-23(31)17-4-1-2-5-18(17)24(29)32/h3,6-11,14,17-18H,1-2,4-5,12-13H2/t14-,17-,18+/m0/s1. The monoisotopic (exact) mass is 500 g/mol. The minimum absolute atomic E-state index is 0.000677. The molecule has 2 aromatic carbocycles. The molecule has 3 atom stereocenters. The molecular formula is C25H22Cl2N2O5. The summed E-state index contributed by atoms with van der Waals surface area (Å²) in [7, 11) is 0. The number of carbonyl (C=O) groups excluding carboxylic acids is 4. The van der Waals surface area contributed by atoms with Crippen molar-refractivity contribution < 1.29 is 23.9 Å². The summed E-state index contributed by atoms with van der Waals surface area (Å²) in [4.78, 5) is 53.5. The van der Waals surface area contributed by atoms with E-state index < -0.39 is 11.9 Å². The number of anilines is 2. The van der Waals surface area contributed by atoms with Gasteiger partial charge in [0.05, 0.1) is 39.2 Å². The Balaban J connectivity index is 1.25. The highest BCUT2D eigenvalue weighted by Crippen LogP contribution is 2.40. The Labute approximate surface area is 206 Å². The first-order valence-corrected chi connectivity index (χ1v) is 12.0. The quantitative estimate of drug-likeness (QED) is 0.347. The second-order valence-electron chi connectivity index (χ2n) is 8.90. The summed E-state index contributed by atoms with van der Waals surface area (Å²) in [5.74, 6) is -1.92. The summed E-state index contributed by atoms with van der Waals surface area (Å²) >= 11 is 12.3. The number of halogens is 2. The van der Waals surface area contributed by atoms with Gasteiger partial charge in [-0.15, -0.1) is 0 Å². The molecule has 1 saturated carbocycles. The Morgan fingerprint density at radius 2 is 1.56 bits per heavy atom. The lowest BCUT2D eigenvalue weighted by Crippen LogP contribution is -2.30. The summed E-state index contributed by atoms with van der Waals surface area (Å²) in [5, 5.41) is 0.584. The van der Waals surface area contributed by atoms with Gasteiger partial charge >= 0.3 is 5.97 Å². The molecule has 2 saturated heterocycles. The normalized spacial score (nSPS) is 24.5. The number of carbonyl (C=O) groups is 4. The lowest BCUT2D eigenvalue weighted by molar-refractivity contribution is -0.139. The molecule has 0 N–H and O–H groups in total. The first kappa shape index (κ1) is 22.9. The molecule has 3 fully saturated rings. The summed E-state index contributed by atoms with van der Waals surface area (Å²) in [6.07, 6.45) is 3.43. The van der Waals surface area contributed by atoms with Crippen molar-refractivity contribution in [1.29, 1.82) is 0 Å². The maximum absolute atomic E-state index is 12.8. The van der Waals surface area contributed by atoms with Crippen LogP contribution in [0.2, 0.25) is 10.0 Å². The molecule has 0 spiro atoms. The molecule has 0 aromatic heterocycles. The Kier molecular flexibility index (Phi) is 6.08. The van der Waals surface area contributed by atoms with E-state index in [1.165, 1.54) is 9.80 Å². The average molecular weight is 501 g/mol. The van der Waals surface area contributed by atoms with E-state index >= 15 is 0 Å². The number of amides is 3. The van der Waals surface area contributed by atoms with E-state index in [-0.39, 0.29) is 53.3 Å². The molecule has 1 aliphatic carbocycles. The summed E-state index contributed by atoms with van der Waals surface area (Å²) in [5.41, 5.74) is 0.932. The van der Waals surface area contributed by atoms with Crippen molar-refractivity contribution in [2.24, 2.45) is 17.8 Å². The zero-order valence-electron chi connectivity index (χ0n) is 18.2. The van der Waals surface area contributed by atoms with Crippen LogP contribution >= 0.6 is 23.2 Å². The summed E-state index contributed by atoms with van der Waals surface area (Å²) in [6.45, 7) is 0.134. The predicted octanol–water partition coefficient (Wildman–Crippen LogP) is 4.63. The van der Waals surface area contributed by atoms with Crippen LogP contribution < -0.4 is 14.5 Å². The van der Waals surface area contributed by atoms with Gasteiger partial charge in [0.25, 0.3) is 0 Å². The van der Waals surface area contributed by atoms with Crippen molar-refractivity contribution >= 4 is 58.3 Å². The molecule has 7 nitrogen and oxygen atoms in total. The second-order valence-corrected chi connectivity index (χ2v) is 9.69. The first-order chi connectivity index (χ1) is 16.3. The first-order valence-electron chi connectivity index (χ1n) is 11.3. The van der Waals surface area contributed by atoms with E-state index in [2.05, 4.69) is 0 Å². The number of hydrogen-bond acceptors (Lipinski definition) is 5. The minimum atomic E-state index is -0.660. The molecule has 0 unspecified atom stereocenters. The Hall–Kier alpha value is -2.90. The molecule has 2 aliphatic heterocycles. The van der Waals surface area contributed by atoms with Crippen molar-refractivity contribution in [3.05, 3.63) is 52.5 Å². The Bertz CT molecular complexity index is 1160. The minimum Gasteiger partial charge on any atom is -0.426 e. The van der Waals surface area contributed by atoms with Crippen molar-refractivity contribution in [2.45, 2.75) is 32.1 Å². The largest absolute Gasteiger partial charge is 0.426 e. The third-order valence-corrected chi connectivity index (χ3v) is 7.64. The molecule has 0 radical (unpaired) electrons. The van der Waals surface area contributed by atoms with Gasteiger partial charge in [-0.05, 0) is 49.2 Å². The third-order valence-electron chi connectivity index (χ3n) is 6.83. The fourth-order valence-corrected chi connectivity index (χ4v) is 5.48. The molecule has 176 valence electrons. The smallest absolute Gasteiger partial charge is 0.316 e. The SMILES string of the molecule is O=C(Oc1ccc(N2C(=O)[C@H]3CCCC[C@H]3C2=O)cc1)[C@H]1CC(=O)N(c2cccc(Cl)c2Cl)C1. The fraction of sp³-hybridized carbons (Fsp3) is 0.360.